The van der Waals surface area contributed by atoms with Crippen molar-refractivity contribution >= 4 is 34.0 Å². The number of carbonyl (C=O) groups is 2. The van der Waals surface area contributed by atoms with Crippen molar-refractivity contribution in [2.24, 2.45) is 5.10 Å². The zero-order chi connectivity index (χ0) is 24.5. The molecule has 0 aromatic heterocycles. The van der Waals surface area contributed by atoms with Crippen molar-refractivity contribution in [1.82, 2.24) is 5.43 Å². The summed E-state index contributed by atoms with van der Waals surface area (Å²) in [7, 11) is 0. The third kappa shape index (κ3) is 7.12. The van der Waals surface area contributed by atoms with Crippen LogP contribution in [-0.4, -0.2) is 24.7 Å². The summed E-state index contributed by atoms with van der Waals surface area (Å²) < 4.78 is 11.7. The monoisotopic (exact) mass is 528 g/mol. The standard InChI is InChI=1S/C28H21BrN2O4/c29-24-8-4-7-23(17-24)28(33)35-26-13-9-20(10-14-26)18-30-31-27(32)19-34-25-15-11-22(12-16-25)21-5-2-1-3-6-21/h1-18H,19H2,(H,31,32)/b30-18+. The molecule has 0 aliphatic carbocycles. The third-order valence-electron chi connectivity index (χ3n) is 4.89. The molecule has 1 N–H and O–H groups in total. The summed E-state index contributed by atoms with van der Waals surface area (Å²) in [6, 6.07) is 31.3. The zero-order valence-electron chi connectivity index (χ0n) is 18.6. The van der Waals surface area contributed by atoms with Crippen molar-refractivity contribution in [3.05, 3.63) is 119 Å². The first-order valence-electron chi connectivity index (χ1n) is 10.7. The number of amides is 1. The van der Waals surface area contributed by atoms with Gasteiger partial charge in [-0.3, -0.25) is 4.79 Å². The molecule has 0 radical (unpaired) electrons. The van der Waals surface area contributed by atoms with Gasteiger partial charge in [-0.25, -0.2) is 10.2 Å². The normalized spacial score (nSPS) is 10.7. The van der Waals surface area contributed by atoms with Crippen molar-refractivity contribution in [3.8, 4) is 22.6 Å². The van der Waals surface area contributed by atoms with Crippen LogP contribution in [0.3, 0.4) is 0 Å². The van der Waals surface area contributed by atoms with Gasteiger partial charge < -0.3 is 9.47 Å². The molecular formula is C28H21BrN2O4. The number of nitrogens with one attached hydrogen (secondary N) is 1. The molecule has 0 atom stereocenters. The van der Waals surface area contributed by atoms with Gasteiger partial charge in [-0.1, -0.05) is 64.5 Å². The predicted octanol–water partition coefficient (Wildman–Crippen LogP) is 5.86. The fourth-order valence-electron chi connectivity index (χ4n) is 3.14. The number of hydrogen-bond acceptors (Lipinski definition) is 5. The molecule has 0 bridgehead atoms. The van der Waals surface area contributed by atoms with Crippen LogP contribution >= 0.6 is 15.9 Å². The molecule has 0 saturated carbocycles. The van der Waals surface area contributed by atoms with Gasteiger partial charge in [0.15, 0.2) is 6.61 Å². The fourth-order valence-corrected chi connectivity index (χ4v) is 3.54. The van der Waals surface area contributed by atoms with Crippen molar-refractivity contribution in [3.63, 3.8) is 0 Å². The average Bonchev–Trinajstić information content (AvgIpc) is 2.89. The number of hydrazone groups is 1. The Kier molecular flexibility index (Phi) is 8.04. The number of hydrogen-bond donors (Lipinski definition) is 1. The molecule has 0 aliphatic heterocycles. The molecule has 174 valence electrons. The van der Waals surface area contributed by atoms with Crippen LogP contribution in [0, 0.1) is 0 Å². The number of ether oxygens (including phenoxy) is 2. The smallest absolute Gasteiger partial charge is 0.343 e. The van der Waals surface area contributed by atoms with Crippen LogP contribution in [0.15, 0.2) is 113 Å². The molecule has 0 unspecified atom stereocenters. The van der Waals surface area contributed by atoms with Gasteiger partial charge in [0.25, 0.3) is 5.91 Å². The number of esters is 1. The first-order valence-corrected chi connectivity index (χ1v) is 11.5. The highest BCUT2D eigenvalue weighted by molar-refractivity contribution is 9.10. The van der Waals surface area contributed by atoms with E-state index in [9.17, 15) is 9.59 Å². The molecule has 7 heteroatoms. The van der Waals surface area contributed by atoms with E-state index in [1.54, 1.807) is 42.5 Å². The molecule has 1 amide bonds. The second kappa shape index (κ2) is 11.8. The van der Waals surface area contributed by atoms with E-state index in [2.05, 4.69) is 26.5 Å². The summed E-state index contributed by atoms with van der Waals surface area (Å²) in [6.07, 6.45) is 1.49. The Labute approximate surface area is 211 Å². The number of carbonyl (C=O) groups excluding carboxylic acids is 2. The summed E-state index contributed by atoms with van der Waals surface area (Å²) in [5, 5.41) is 3.94. The molecule has 4 aromatic rings. The van der Waals surface area contributed by atoms with Crippen molar-refractivity contribution in [2.75, 3.05) is 6.61 Å². The van der Waals surface area contributed by atoms with E-state index in [-0.39, 0.29) is 12.5 Å². The summed E-state index contributed by atoms with van der Waals surface area (Å²) in [5.74, 6) is 0.169. The van der Waals surface area contributed by atoms with E-state index in [0.29, 0.717) is 17.1 Å². The van der Waals surface area contributed by atoms with E-state index in [0.717, 1.165) is 21.2 Å². The van der Waals surface area contributed by atoms with Crippen LogP contribution in [0.5, 0.6) is 11.5 Å². The van der Waals surface area contributed by atoms with Gasteiger partial charge in [0.05, 0.1) is 11.8 Å². The van der Waals surface area contributed by atoms with Crippen LogP contribution in [0.1, 0.15) is 15.9 Å². The van der Waals surface area contributed by atoms with Gasteiger partial charge in [-0.2, -0.15) is 5.10 Å². The molecule has 0 saturated heterocycles. The van der Waals surface area contributed by atoms with Gasteiger partial charge in [-0.15, -0.1) is 0 Å². The van der Waals surface area contributed by atoms with Crippen LogP contribution in [0.4, 0.5) is 0 Å². The second-order valence-corrected chi connectivity index (χ2v) is 8.36. The van der Waals surface area contributed by atoms with Crippen LogP contribution in [0.2, 0.25) is 0 Å². The molecule has 0 spiro atoms. The molecule has 35 heavy (non-hydrogen) atoms. The van der Waals surface area contributed by atoms with Crippen molar-refractivity contribution in [1.29, 1.82) is 0 Å². The van der Waals surface area contributed by atoms with E-state index >= 15 is 0 Å². The summed E-state index contributed by atoms with van der Waals surface area (Å²) in [4.78, 5) is 24.2. The molecule has 0 aliphatic rings. The van der Waals surface area contributed by atoms with Gasteiger partial charge in [0.2, 0.25) is 0 Å². The van der Waals surface area contributed by atoms with Gasteiger partial charge >= 0.3 is 5.97 Å². The molecule has 6 nitrogen and oxygen atoms in total. The van der Waals surface area contributed by atoms with E-state index in [4.69, 9.17) is 9.47 Å². The van der Waals surface area contributed by atoms with E-state index in [1.165, 1.54) is 6.21 Å². The third-order valence-corrected chi connectivity index (χ3v) is 5.38. The molecular weight excluding hydrogens is 508 g/mol. The minimum atomic E-state index is -0.449. The zero-order valence-corrected chi connectivity index (χ0v) is 20.1. The minimum Gasteiger partial charge on any atom is -0.484 e. The Morgan fingerprint density at radius 1 is 0.800 bits per heavy atom. The Balaban J connectivity index is 1.22. The lowest BCUT2D eigenvalue weighted by atomic mass is 10.1. The van der Waals surface area contributed by atoms with E-state index in [1.807, 2.05) is 60.7 Å². The highest BCUT2D eigenvalue weighted by Gasteiger charge is 2.09. The molecule has 0 heterocycles. The lowest BCUT2D eigenvalue weighted by Gasteiger charge is -2.07. The molecule has 0 fully saturated rings. The van der Waals surface area contributed by atoms with Crippen LogP contribution in [0.25, 0.3) is 11.1 Å². The van der Waals surface area contributed by atoms with Gasteiger partial charge in [0.1, 0.15) is 11.5 Å². The molecule has 4 aromatic carbocycles. The Morgan fingerprint density at radius 3 is 2.20 bits per heavy atom. The summed E-state index contributed by atoms with van der Waals surface area (Å²) in [6.45, 7) is -0.160. The summed E-state index contributed by atoms with van der Waals surface area (Å²) >= 11 is 3.33. The lowest BCUT2D eigenvalue weighted by molar-refractivity contribution is -0.123. The Hall–Kier alpha value is -4.23. The van der Waals surface area contributed by atoms with Gasteiger partial charge in [-0.05, 0) is 71.3 Å². The van der Waals surface area contributed by atoms with E-state index < -0.39 is 5.97 Å². The number of nitrogens with zero attached hydrogens (tertiary/aromatic N) is 1. The van der Waals surface area contributed by atoms with Crippen molar-refractivity contribution < 1.29 is 19.1 Å². The first-order chi connectivity index (χ1) is 17.1. The van der Waals surface area contributed by atoms with Gasteiger partial charge in [0, 0.05) is 4.47 Å². The first kappa shape index (κ1) is 23.9. The largest absolute Gasteiger partial charge is 0.484 e. The topological polar surface area (TPSA) is 77.0 Å². The average molecular weight is 529 g/mol. The quantitative estimate of drug-likeness (QED) is 0.134. The van der Waals surface area contributed by atoms with Crippen LogP contribution < -0.4 is 14.9 Å². The Bertz CT molecular complexity index is 1320. The van der Waals surface area contributed by atoms with Crippen LogP contribution in [-0.2, 0) is 4.79 Å². The fraction of sp³-hybridized carbons (Fsp3) is 0.0357. The SMILES string of the molecule is O=C(COc1ccc(-c2ccccc2)cc1)N/N=C/c1ccc(OC(=O)c2cccc(Br)c2)cc1. The maximum atomic E-state index is 12.2. The highest BCUT2D eigenvalue weighted by Crippen LogP contribution is 2.22. The predicted molar refractivity (Wildman–Crippen MR) is 139 cm³/mol. The second-order valence-electron chi connectivity index (χ2n) is 7.44. The highest BCUT2D eigenvalue weighted by atomic mass is 79.9. The lowest BCUT2D eigenvalue weighted by Crippen LogP contribution is -2.24. The number of halogens is 1. The summed E-state index contributed by atoms with van der Waals surface area (Å²) in [5.41, 5.74) is 5.78. The number of rotatable bonds is 8. The Morgan fingerprint density at radius 2 is 1.49 bits per heavy atom. The maximum absolute atomic E-state index is 12.2. The van der Waals surface area contributed by atoms with Crippen molar-refractivity contribution in [2.45, 2.75) is 0 Å². The minimum absolute atomic E-state index is 0.160. The molecule has 4 rings (SSSR count). The maximum Gasteiger partial charge on any atom is 0.343 e. The number of benzene rings is 4.